The van der Waals surface area contributed by atoms with Crippen LogP contribution in [0, 0.1) is 17.5 Å². The summed E-state index contributed by atoms with van der Waals surface area (Å²) in [4.78, 5) is 17.4. The molecule has 0 aliphatic heterocycles. The van der Waals surface area contributed by atoms with Crippen molar-refractivity contribution in [1.29, 1.82) is 0 Å². The van der Waals surface area contributed by atoms with Gasteiger partial charge in [-0.3, -0.25) is 4.79 Å². The van der Waals surface area contributed by atoms with Crippen LogP contribution in [0.5, 0.6) is 0 Å². The number of rotatable bonds is 6. The zero-order chi connectivity index (χ0) is 22.8. The standard InChI is InChI=1S/C24H19ClF3N3O/c1-2-18(30-24(32)16-11-12-17(26)22(28)21(16)27)23-29-19-5-3-4-6-20(19)31(23)13-14-7-9-15(25)10-8-14/h3-12,18H,2,13H2,1H3,(H,30,32). The molecule has 0 saturated carbocycles. The molecule has 0 bridgehead atoms. The van der Waals surface area contributed by atoms with E-state index in [9.17, 15) is 18.0 Å². The number of nitrogens with zero attached hydrogens (tertiary/aromatic N) is 2. The van der Waals surface area contributed by atoms with Crippen LogP contribution in [0.25, 0.3) is 11.0 Å². The molecule has 0 fully saturated rings. The Morgan fingerprint density at radius 2 is 1.75 bits per heavy atom. The van der Waals surface area contributed by atoms with Gasteiger partial charge < -0.3 is 9.88 Å². The molecule has 0 saturated heterocycles. The van der Waals surface area contributed by atoms with Crippen molar-refractivity contribution in [1.82, 2.24) is 14.9 Å². The molecule has 1 aromatic heterocycles. The van der Waals surface area contributed by atoms with Gasteiger partial charge in [0, 0.05) is 11.6 Å². The van der Waals surface area contributed by atoms with Crippen molar-refractivity contribution in [2.24, 2.45) is 0 Å². The van der Waals surface area contributed by atoms with Crippen LogP contribution in [0.3, 0.4) is 0 Å². The summed E-state index contributed by atoms with van der Waals surface area (Å²) < 4.78 is 43.0. The number of hydrogen-bond donors (Lipinski definition) is 1. The molecular weight excluding hydrogens is 439 g/mol. The third-order valence-corrected chi connectivity index (χ3v) is 5.50. The highest BCUT2D eigenvalue weighted by atomic mass is 35.5. The lowest BCUT2D eigenvalue weighted by Crippen LogP contribution is -2.31. The number of halogens is 4. The number of fused-ring (bicyclic) bond motifs is 1. The molecule has 1 N–H and O–H groups in total. The van der Waals surface area contributed by atoms with Crippen molar-refractivity contribution in [3.63, 3.8) is 0 Å². The second-order valence-corrected chi connectivity index (χ2v) is 7.76. The van der Waals surface area contributed by atoms with Crippen molar-refractivity contribution in [2.45, 2.75) is 25.9 Å². The van der Waals surface area contributed by atoms with E-state index in [1.165, 1.54) is 0 Å². The van der Waals surface area contributed by atoms with Gasteiger partial charge in [-0.05, 0) is 48.4 Å². The highest BCUT2D eigenvalue weighted by Crippen LogP contribution is 2.25. The lowest BCUT2D eigenvalue weighted by atomic mass is 10.1. The van der Waals surface area contributed by atoms with Crippen molar-refractivity contribution in [3.05, 3.63) is 100 Å². The Morgan fingerprint density at radius 3 is 2.47 bits per heavy atom. The molecule has 3 aromatic carbocycles. The number of aromatic nitrogens is 2. The number of carbonyl (C=O) groups excluding carboxylic acids is 1. The minimum Gasteiger partial charge on any atom is -0.342 e. The predicted molar refractivity (Wildman–Crippen MR) is 117 cm³/mol. The van der Waals surface area contributed by atoms with Crippen LogP contribution in [-0.2, 0) is 6.54 Å². The zero-order valence-corrected chi connectivity index (χ0v) is 17.8. The maximum absolute atomic E-state index is 14.1. The third-order valence-electron chi connectivity index (χ3n) is 5.24. The number of imidazole rings is 1. The molecule has 8 heteroatoms. The molecule has 0 aliphatic carbocycles. The van der Waals surface area contributed by atoms with Gasteiger partial charge in [0.2, 0.25) is 0 Å². The van der Waals surface area contributed by atoms with Gasteiger partial charge in [-0.15, -0.1) is 0 Å². The van der Waals surface area contributed by atoms with Crippen LogP contribution in [-0.4, -0.2) is 15.5 Å². The molecule has 0 aliphatic rings. The van der Waals surface area contributed by atoms with Crippen LogP contribution in [0.1, 0.15) is 41.1 Å². The summed E-state index contributed by atoms with van der Waals surface area (Å²) in [5.41, 5.74) is 2.02. The maximum atomic E-state index is 14.1. The van der Waals surface area contributed by atoms with Crippen molar-refractivity contribution >= 4 is 28.5 Å². The van der Waals surface area contributed by atoms with E-state index >= 15 is 0 Å². The molecule has 0 spiro atoms. The van der Waals surface area contributed by atoms with Crippen LogP contribution in [0.15, 0.2) is 60.7 Å². The first-order valence-corrected chi connectivity index (χ1v) is 10.4. The van der Waals surface area contributed by atoms with Crippen LogP contribution in [0.4, 0.5) is 13.2 Å². The highest BCUT2D eigenvalue weighted by Gasteiger charge is 2.24. The SMILES string of the molecule is CCC(NC(=O)c1ccc(F)c(F)c1F)c1nc2ccccc2n1Cc1ccc(Cl)cc1. The van der Waals surface area contributed by atoms with Crippen molar-refractivity contribution < 1.29 is 18.0 Å². The number of hydrogen-bond acceptors (Lipinski definition) is 2. The Kier molecular flexibility index (Phi) is 6.19. The normalized spacial score (nSPS) is 12.2. The Labute approximate surface area is 187 Å². The van der Waals surface area contributed by atoms with Gasteiger partial charge in [0.15, 0.2) is 17.5 Å². The molecule has 0 radical (unpaired) electrons. The van der Waals surface area contributed by atoms with E-state index in [1.807, 2.05) is 47.9 Å². The van der Waals surface area contributed by atoms with E-state index < -0.39 is 35.0 Å². The largest absolute Gasteiger partial charge is 0.342 e. The molecule has 4 rings (SSSR count). The molecular formula is C24H19ClF3N3O. The molecule has 1 unspecified atom stereocenters. The maximum Gasteiger partial charge on any atom is 0.254 e. The van der Waals surface area contributed by atoms with Crippen LogP contribution < -0.4 is 5.32 Å². The fraction of sp³-hybridized carbons (Fsp3) is 0.167. The molecule has 1 atom stereocenters. The summed E-state index contributed by atoms with van der Waals surface area (Å²) >= 11 is 5.99. The molecule has 1 amide bonds. The Morgan fingerprint density at radius 1 is 1.03 bits per heavy atom. The first kappa shape index (κ1) is 21.9. The summed E-state index contributed by atoms with van der Waals surface area (Å²) in [6, 6.07) is 16.0. The minimum atomic E-state index is -1.68. The summed E-state index contributed by atoms with van der Waals surface area (Å²) in [7, 11) is 0. The van der Waals surface area contributed by atoms with Gasteiger partial charge >= 0.3 is 0 Å². The smallest absolute Gasteiger partial charge is 0.254 e. The Hall–Kier alpha value is -3.32. The van der Waals surface area contributed by atoms with Gasteiger partial charge in [-0.25, -0.2) is 18.2 Å². The van der Waals surface area contributed by atoms with Crippen molar-refractivity contribution in [2.75, 3.05) is 0 Å². The lowest BCUT2D eigenvalue weighted by Gasteiger charge is -2.19. The summed E-state index contributed by atoms with van der Waals surface area (Å²) in [6.45, 7) is 2.32. The summed E-state index contributed by atoms with van der Waals surface area (Å²) in [5.74, 6) is -4.83. The third kappa shape index (κ3) is 4.21. The van der Waals surface area contributed by atoms with Crippen LogP contribution >= 0.6 is 11.6 Å². The molecule has 32 heavy (non-hydrogen) atoms. The van der Waals surface area contributed by atoms with Gasteiger partial charge in [0.1, 0.15) is 5.82 Å². The van der Waals surface area contributed by atoms with Crippen LogP contribution in [0.2, 0.25) is 5.02 Å². The zero-order valence-electron chi connectivity index (χ0n) is 17.1. The molecule has 164 valence electrons. The average molecular weight is 458 g/mol. The second-order valence-electron chi connectivity index (χ2n) is 7.33. The monoisotopic (exact) mass is 457 g/mol. The van der Waals surface area contributed by atoms with E-state index in [1.54, 1.807) is 12.1 Å². The minimum absolute atomic E-state index is 0.445. The van der Waals surface area contributed by atoms with E-state index in [4.69, 9.17) is 16.6 Å². The molecule has 1 heterocycles. The van der Waals surface area contributed by atoms with Gasteiger partial charge in [0.05, 0.1) is 22.6 Å². The fourth-order valence-corrected chi connectivity index (χ4v) is 3.71. The molecule has 4 nitrogen and oxygen atoms in total. The van der Waals surface area contributed by atoms with Gasteiger partial charge in [0.25, 0.3) is 5.91 Å². The lowest BCUT2D eigenvalue weighted by molar-refractivity contribution is 0.0927. The number of benzene rings is 3. The fourth-order valence-electron chi connectivity index (χ4n) is 3.59. The Bertz CT molecular complexity index is 1290. The number of nitrogens with one attached hydrogen (secondary N) is 1. The second kappa shape index (κ2) is 9.04. The van der Waals surface area contributed by atoms with Gasteiger partial charge in [-0.1, -0.05) is 42.8 Å². The topological polar surface area (TPSA) is 46.9 Å². The van der Waals surface area contributed by atoms with E-state index in [-0.39, 0.29) is 0 Å². The Balaban J connectivity index is 1.71. The number of carbonyl (C=O) groups is 1. The number of para-hydroxylation sites is 2. The number of amides is 1. The van der Waals surface area contributed by atoms with Crippen molar-refractivity contribution in [3.8, 4) is 0 Å². The summed E-state index contributed by atoms with van der Waals surface area (Å²) in [6.07, 6.45) is 0.445. The van der Waals surface area contributed by atoms with E-state index in [0.717, 1.165) is 28.7 Å². The first-order valence-electron chi connectivity index (χ1n) is 10.0. The predicted octanol–water partition coefficient (Wildman–Crippen LogP) is 6.04. The average Bonchev–Trinajstić information content (AvgIpc) is 3.15. The quantitative estimate of drug-likeness (QED) is 0.359. The highest BCUT2D eigenvalue weighted by molar-refractivity contribution is 6.30. The first-order chi connectivity index (χ1) is 15.4. The van der Waals surface area contributed by atoms with Gasteiger partial charge in [-0.2, -0.15) is 0 Å². The summed E-state index contributed by atoms with van der Waals surface area (Å²) in [5, 5.41) is 3.33. The van der Waals surface area contributed by atoms with E-state index in [2.05, 4.69) is 5.32 Å². The molecule has 4 aromatic rings. The van der Waals surface area contributed by atoms with E-state index in [0.29, 0.717) is 23.8 Å².